The minimum absolute atomic E-state index is 0.158. The molecule has 0 aliphatic rings. The van der Waals surface area contributed by atoms with Gasteiger partial charge in [-0.3, -0.25) is 14.0 Å². The van der Waals surface area contributed by atoms with Crippen molar-refractivity contribution in [2.45, 2.75) is 33.4 Å². The summed E-state index contributed by atoms with van der Waals surface area (Å²) < 4.78 is 1.80. The second kappa shape index (κ2) is 10.7. The van der Waals surface area contributed by atoms with Crippen LogP contribution in [0.15, 0.2) is 72.2 Å². The monoisotopic (exact) mass is 529 g/mol. The Labute approximate surface area is 223 Å². The minimum atomic E-state index is -0.284. The zero-order chi connectivity index (χ0) is 25.9. The standard InChI is InChI=1S/C28H27N5O2S2/c1-18(16-29-26(34)24-19(2)30-28-32(24)14-15-36-28)33(17-21-10-6-4-7-11-21)27(35)23-25(37-20(3)31-23)22-12-8-5-9-13-22/h4-15,18H,16-17H2,1-3H3,(H,29,34). The van der Waals surface area contributed by atoms with Gasteiger partial charge in [-0.2, -0.15) is 0 Å². The number of imidazole rings is 1. The van der Waals surface area contributed by atoms with Gasteiger partial charge in [0, 0.05) is 30.7 Å². The number of fused-ring (bicyclic) bond motifs is 1. The molecule has 9 heteroatoms. The van der Waals surface area contributed by atoms with Crippen molar-refractivity contribution >= 4 is 39.4 Å². The highest BCUT2D eigenvalue weighted by Gasteiger charge is 2.28. The van der Waals surface area contributed by atoms with E-state index in [2.05, 4.69) is 15.3 Å². The lowest BCUT2D eigenvalue weighted by molar-refractivity contribution is 0.0660. The van der Waals surface area contributed by atoms with E-state index in [1.54, 1.807) is 9.30 Å². The van der Waals surface area contributed by atoms with Crippen LogP contribution in [0.4, 0.5) is 0 Å². The lowest BCUT2D eigenvalue weighted by atomic mass is 10.1. The third-order valence-corrected chi connectivity index (χ3v) is 7.95. The molecule has 1 atom stereocenters. The molecule has 1 unspecified atom stereocenters. The van der Waals surface area contributed by atoms with Crippen LogP contribution in [-0.2, 0) is 6.54 Å². The summed E-state index contributed by atoms with van der Waals surface area (Å²) in [5, 5.41) is 5.76. The molecule has 0 aliphatic heterocycles. The number of nitrogens with zero attached hydrogens (tertiary/aromatic N) is 4. The van der Waals surface area contributed by atoms with E-state index in [9.17, 15) is 9.59 Å². The van der Waals surface area contributed by atoms with E-state index >= 15 is 0 Å². The van der Waals surface area contributed by atoms with E-state index < -0.39 is 0 Å². The van der Waals surface area contributed by atoms with E-state index in [4.69, 9.17) is 0 Å². The molecule has 2 amide bonds. The molecular formula is C28H27N5O2S2. The number of hydrogen-bond donors (Lipinski definition) is 1. The molecular weight excluding hydrogens is 502 g/mol. The highest BCUT2D eigenvalue weighted by Crippen LogP contribution is 2.31. The number of carbonyl (C=O) groups excluding carboxylic acids is 2. The van der Waals surface area contributed by atoms with Crippen LogP contribution in [-0.4, -0.2) is 43.7 Å². The topological polar surface area (TPSA) is 79.6 Å². The molecule has 0 saturated heterocycles. The van der Waals surface area contributed by atoms with Crippen molar-refractivity contribution in [3.8, 4) is 10.4 Å². The fraction of sp³-hybridized carbons (Fsp3) is 0.214. The molecule has 1 N–H and O–H groups in total. The molecule has 3 heterocycles. The molecule has 0 bridgehead atoms. The van der Waals surface area contributed by atoms with Crippen LogP contribution >= 0.6 is 22.7 Å². The van der Waals surface area contributed by atoms with Crippen LogP contribution in [0.1, 0.15) is 44.2 Å². The van der Waals surface area contributed by atoms with Crippen molar-refractivity contribution in [3.63, 3.8) is 0 Å². The number of thiazole rings is 2. The Morgan fingerprint density at radius 1 is 1.03 bits per heavy atom. The van der Waals surface area contributed by atoms with Gasteiger partial charge < -0.3 is 10.2 Å². The van der Waals surface area contributed by atoms with Crippen molar-refractivity contribution in [2.75, 3.05) is 6.54 Å². The van der Waals surface area contributed by atoms with Gasteiger partial charge in [0.25, 0.3) is 11.8 Å². The van der Waals surface area contributed by atoms with Gasteiger partial charge in [-0.1, -0.05) is 60.7 Å². The zero-order valence-electron chi connectivity index (χ0n) is 20.8. The number of hydrogen-bond acceptors (Lipinski definition) is 6. The largest absolute Gasteiger partial charge is 0.349 e. The summed E-state index contributed by atoms with van der Waals surface area (Å²) >= 11 is 3.00. The molecule has 5 rings (SSSR count). The molecule has 0 saturated carbocycles. The summed E-state index contributed by atoms with van der Waals surface area (Å²) in [4.78, 5) is 39.7. The molecule has 0 aliphatic carbocycles. The predicted octanol–water partition coefficient (Wildman–Crippen LogP) is 5.60. The summed E-state index contributed by atoms with van der Waals surface area (Å²) in [5.41, 5.74) is 3.61. The van der Waals surface area contributed by atoms with E-state index in [0.717, 1.165) is 26.0 Å². The Morgan fingerprint density at radius 3 is 2.46 bits per heavy atom. The Kier molecular flexibility index (Phi) is 7.16. The van der Waals surface area contributed by atoms with Gasteiger partial charge in [-0.25, -0.2) is 9.97 Å². The number of rotatable bonds is 8. The first-order valence-electron chi connectivity index (χ1n) is 12.0. The van der Waals surface area contributed by atoms with Crippen molar-refractivity contribution in [1.29, 1.82) is 0 Å². The third-order valence-electron chi connectivity index (χ3n) is 6.17. The smallest absolute Gasteiger partial charge is 0.274 e. The van der Waals surface area contributed by atoms with Gasteiger partial charge in [-0.05, 0) is 31.9 Å². The summed E-state index contributed by atoms with van der Waals surface area (Å²) in [7, 11) is 0. The molecule has 0 spiro atoms. The van der Waals surface area contributed by atoms with E-state index in [0.29, 0.717) is 23.6 Å². The summed E-state index contributed by atoms with van der Waals surface area (Å²) in [6.07, 6.45) is 1.85. The number of benzene rings is 2. The number of amides is 2. The lowest BCUT2D eigenvalue weighted by Gasteiger charge is -2.29. The Morgan fingerprint density at radius 2 is 1.73 bits per heavy atom. The zero-order valence-corrected chi connectivity index (χ0v) is 22.5. The fourth-order valence-corrected chi connectivity index (χ4v) is 5.98. The molecule has 7 nitrogen and oxygen atoms in total. The highest BCUT2D eigenvalue weighted by molar-refractivity contribution is 7.15. The molecule has 3 aromatic heterocycles. The average molecular weight is 530 g/mol. The van der Waals surface area contributed by atoms with Crippen molar-refractivity contribution in [2.24, 2.45) is 0 Å². The van der Waals surface area contributed by atoms with Crippen LogP contribution in [0.3, 0.4) is 0 Å². The summed E-state index contributed by atoms with van der Waals surface area (Å²) in [6, 6.07) is 19.5. The van der Waals surface area contributed by atoms with Crippen LogP contribution in [0.2, 0.25) is 0 Å². The van der Waals surface area contributed by atoms with Crippen LogP contribution in [0.5, 0.6) is 0 Å². The maximum absolute atomic E-state index is 14.0. The van der Waals surface area contributed by atoms with E-state index in [1.807, 2.05) is 93.0 Å². The van der Waals surface area contributed by atoms with Crippen LogP contribution in [0, 0.1) is 13.8 Å². The first kappa shape index (κ1) is 24.9. The molecule has 2 aromatic carbocycles. The van der Waals surface area contributed by atoms with E-state index in [1.165, 1.54) is 22.7 Å². The summed E-state index contributed by atoms with van der Waals surface area (Å²) in [6.45, 7) is 6.39. The molecule has 37 heavy (non-hydrogen) atoms. The SMILES string of the molecule is Cc1nc(C(=O)N(Cc2ccccc2)C(C)CNC(=O)c2c(C)nc3sccn23)c(-c2ccccc2)s1. The molecule has 0 radical (unpaired) electrons. The van der Waals surface area contributed by atoms with Crippen molar-refractivity contribution in [1.82, 2.24) is 24.6 Å². The normalized spacial score (nSPS) is 12.0. The maximum atomic E-state index is 14.0. The van der Waals surface area contributed by atoms with Gasteiger partial charge in [0.1, 0.15) is 11.4 Å². The Balaban J connectivity index is 1.41. The quantitative estimate of drug-likeness (QED) is 0.284. The third kappa shape index (κ3) is 5.19. The number of nitrogens with one attached hydrogen (secondary N) is 1. The van der Waals surface area contributed by atoms with E-state index in [-0.39, 0.29) is 24.4 Å². The molecule has 5 aromatic rings. The van der Waals surface area contributed by atoms with Gasteiger partial charge in [0.2, 0.25) is 0 Å². The Hall–Kier alpha value is -3.82. The predicted molar refractivity (Wildman–Crippen MR) is 148 cm³/mol. The Bertz CT molecular complexity index is 1540. The van der Waals surface area contributed by atoms with Crippen LogP contribution < -0.4 is 5.32 Å². The fourth-order valence-electron chi connectivity index (χ4n) is 4.30. The minimum Gasteiger partial charge on any atom is -0.349 e. The van der Waals surface area contributed by atoms with Gasteiger partial charge in [0.05, 0.1) is 15.6 Å². The highest BCUT2D eigenvalue weighted by atomic mass is 32.1. The number of aromatic nitrogens is 3. The average Bonchev–Trinajstić information content (AvgIpc) is 3.60. The van der Waals surface area contributed by atoms with Gasteiger partial charge in [-0.15, -0.1) is 22.7 Å². The second-order valence-corrected chi connectivity index (χ2v) is 10.9. The first-order chi connectivity index (χ1) is 17.9. The maximum Gasteiger partial charge on any atom is 0.274 e. The van der Waals surface area contributed by atoms with Crippen molar-refractivity contribution < 1.29 is 9.59 Å². The van der Waals surface area contributed by atoms with Crippen molar-refractivity contribution in [3.05, 3.63) is 99.9 Å². The van der Waals surface area contributed by atoms with Gasteiger partial charge >= 0.3 is 0 Å². The lowest BCUT2D eigenvalue weighted by Crippen LogP contribution is -2.45. The summed E-state index contributed by atoms with van der Waals surface area (Å²) in [5.74, 6) is -0.369. The van der Waals surface area contributed by atoms with Crippen LogP contribution in [0.25, 0.3) is 15.4 Å². The first-order valence-corrected chi connectivity index (χ1v) is 13.7. The second-order valence-electron chi connectivity index (χ2n) is 8.86. The molecule has 0 fully saturated rings. The number of aryl methyl sites for hydroxylation is 2. The molecule has 188 valence electrons. The van der Waals surface area contributed by atoms with Gasteiger partial charge in [0.15, 0.2) is 4.96 Å². The number of carbonyl (C=O) groups is 2.